The van der Waals surface area contributed by atoms with Gasteiger partial charge in [-0.05, 0) is 31.3 Å². The summed E-state index contributed by atoms with van der Waals surface area (Å²) in [5, 5.41) is 11.0. The van der Waals surface area contributed by atoms with Crippen molar-refractivity contribution in [2.75, 3.05) is 32.0 Å². The second-order valence-corrected chi connectivity index (χ2v) is 5.01. The first-order valence-corrected chi connectivity index (χ1v) is 7.13. The zero-order chi connectivity index (χ0) is 14.8. The van der Waals surface area contributed by atoms with Gasteiger partial charge >= 0.3 is 6.03 Å². The number of urea groups is 1. The van der Waals surface area contributed by atoms with Crippen LogP contribution in [0.3, 0.4) is 0 Å². The van der Waals surface area contributed by atoms with Crippen LogP contribution in [-0.4, -0.2) is 38.6 Å². The maximum atomic E-state index is 11.6. The fraction of sp³-hybridized carbons (Fsp3) is 0.385. The van der Waals surface area contributed by atoms with Crippen molar-refractivity contribution < 1.29 is 9.59 Å². The molecule has 0 aromatic heterocycles. The van der Waals surface area contributed by atoms with Crippen molar-refractivity contribution >= 4 is 46.0 Å². The summed E-state index contributed by atoms with van der Waals surface area (Å²) in [6, 6.07) is 6.92. The lowest BCUT2D eigenvalue weighted by molar-refractivity contribution is -0.120. The molecule has 0 atom stereocenters. The van der Waals surface area contributed by atoms with E-state index < -0.39 is 0 Å². The number of anilines is 1. The molecule has 0 saturated heterocycles. The van der Waals surface area contributed by atoms with Gasteiger partial charge in [0.2, 0.25) is 5.91 Å². The van der Waals surface area contributed by atoms with E-state index in [4.69, 9.17) is 0 Å². The number of hydrogen-bond donors (Lipinski definition) is 4. The highest BCUT2D eigenvalue weighted by Gasteiger charge is 2.03. The van der Waals surface area contributed by atoms with Gasteiger partial charge in [-0.1, -0.05) is 15.9 Å². The summed E-state index contributed by atoms with van der Waals surface area (Å²) >= 11 is 3.32. The van der Waals surface area contributed by atoms with Crippen molar-refractivity contribution in [3.63, 3.8) is 0 Å². The molecule has 0 heterocycles. The second-order valence-electron chi connectivity index (χ2n) is 4.09. The van der Waals surface area contributed by atoms with Crippen LogP contribution in [0, 0.1) is 0 Å². The summed E-state index contributed by atoms with van der Waals surface area (Å²) < 4.78 is 0.946. The summed E-state index contributed by atoms with van der Waals surface area (Å²) in [4.78, 5) is 22.9. The average Bonchev–Trinajstić information content (AvgIpc) is 2.42. The summed E-state index contributed by atoms with van der Waals surface area (Å²) in [5.41, 5.74) is 0.698. The lowest BCUT2D eigenvalue weighted by Crippen LogP contribution is -2.35. The molecule has 1 rings (SSSR count). The van der Waals surface area contributed by atoms with E-state index in [2.05, 4.69) is 37.2 Å². The molecular weight excluding hydrogens is 360 g/mol. The molecule has 0 radical (unpaired) electrons. The Bertz CT molecular complexity index is 442. The van der Waals surface area contributed by atoms with E-state index in [-0.39, 0.29) is 30.8 Å². The van der Waals surface area contributed by atoms with Crippen molar-refractivity contribution in [3.05, 3.63) is 28.7 Å². The lowest BCUT2D eigenvalue weighted by atomic mass is 10.3. The molecular formula is C13H20BrClN4O2. The highest BCUT2D eigenvalue weighted by atomic mass is 79.9. The molecule has 0 spiro atoms. The number of amides is 3. The van der Waals surface area contributed by atoms with E-state index in [1.165, 1.54) is 0 Å². The Balaban J connectivity index is 0.00000400. The minimum atomic E-state index is -0.324. The van der Waals surface area contributed by atoms with Gasteiger partial charge in [0.25, 0.3) is 0 Å². The molecule has 0 fully saturated rings. The topological polar surface area (TPSA) is 82.3 Å². The largest absolute Gasteiger partial charge is 0.355 e. The number of rotatable bonds is 7. The van der Waals surface area contributed by atoms with Gasteiger partial charge in [-0.25, -0.2) is 4.79 Å². The number of benzene rings is 1. The smallest absolute Gasteiger partial charge is 0.319 e. The van der Waals surface area contributed by atoms with E-state index in [0.29, 0.717) is 18.8 Å². The number of nitrogens with one attached hydrogen (secondary N) is 4. The van der Waals surface area contributed by atoms with Crippen LogP contribution in [0.1, 0.15) is 6.42 Å². The zero-order valence-electron chi connectivity index (χ0n) is 11.7. The Morgan fingerprint density at radius 2 is 1.71 bits per heavy atom. The molecule has 0 aliphatic heterocycles. The van der Waals surface area contributed by atoms with Crippen molar-refractivity contribution in [1.29, 1.82) is 0 Å². The zero-order valence-corrected chi connectivity index (χ0v) is 14.1. The van der Waals surface area contributed by atoms with Gasteiger partial charge in [0, 0.05) is 36.2 Å². The Kier molecular flexibility index (Phi) is 10.7. The van der Waals surface area contributed by atoms with Crippen LogP contribution in [0.15, 0.2) is 28.7 Å². The lowest BCUT2D eigenvalue weighted by Gasteiger charge is -2.08. The summed E-state index contributed by atoms with van der Waals surface area (Å²) in [5.74, 6) is -0.0795. The van der Waals surface area contributed by atoms with Gasteiger partial charge in [0.1, 0.15) is 0 Å². The first-order chi connectivity index (χ1) is 9.61. The Labute approximate surface area is 139 Å². The SMILES string of the molecule is CNCCNC(=O)CCNC(=O)Nc1ccc(Br)cc1.Cl. The predicted molar refractivity (Wildman–Crippen MR) is 90.0 cm³/mol. The molecule has 1 aromatic rings. The number of carbonyl (C=O) groups is 2. The molecule has 4 N–H and O–H groups in total. The van der Waals surface area contributed by atoms with Crippen molar-refractivity contribution in [1.82, 2.24) is 16.0 Å². The highest BCUT2D eigenvalue weighted by Crippen LogP contribution is 2.13. The minimum absolute atomic E-state index is 0. The van der Waals surface area contributed by atoms with E-state index in [1.54, 1.807) is 12.1 Å². The van der Waals surface area contributed by atoms with E-state index in [0.717, 1.165) is 11.0 Å². The molecule has 0 unspecified atom stereocenters. The fourth-order valence-electron chi connectivity index (χ4n) is 1.41. The number of hydrogen-bond acceptors (Lipinski definition) is 3. The van der Waals surface area contributed by atoms with Crippen LogP contribution in [0.25, 0.3) is 0 Å². The summed E-state index contributed by atoms with van der Waals surface area (Å²) in [7, 11) is 1.82. The van der Waals surface area contributed by atoms with Gasteiger partial charge < -0.3 is 21.3 Å². The number of carbonyl (C=O) groups excluding carboxylic acids is 2. The molecule has 0 saturated carbocycles. The molecule has 1 aromatic carbocycles. The molecule has 0 bridgehead atoms. The van der Waals surface area contributed by atoms with Crippen molar-refractivity contribution in [2.24, 2.45) is 0 Å². The number of likely N-dealkylation sites (N-methyl/N-ethyl adjacent to an activating group) is 1. The predicted octanol–water partition coefficient (Wildman–Crippen LogP) is 1.72. The van der Waals surface area contributed by atoms with Gasteiger partial charge in [0.15, 0.2) is 0 Å². The van der Waals surface area contributed by atoms with Gasteiger partial charge in [-0.2, -0.15) is 0 Å². The van der Waals surface area contributed by atoms with Crippen molar-refractivity contribution in [3.8, 4) is 0 Å². The number of halogens is 2. The average molecular weight is 380 g/mol. The van der Waals surface area contributed by atoms with Crippen LogP contribution < -0.4 is 21.3 Å². The van der Waals surface area contributed by atoms with E-state index in [1.807, 2.05) is 19.2 Å². The minimum Gasteiger partial charge on any atom is -0.355 e. The van der Waals surface area contributed by atoms with Crippen LogP contribution in [-0.2, 0) is 4.79 Å². The van der Waals surface area contributed by atoms with Crippen LogP contribution in [0.5, 0.6) is 0 Å². The molecule has 21 heavy (non-hydrogen) atoms. The Morgan fingerprint density at radius 1 is 1.05 bits per heavy atom. The maximum absolute atomic E-state index is 11.6. The summed E-state index contributed by atoms with van der Waals surface area (Å²) in [6.45, 7) is 1.61. The van der Waals surface area contributed by atoms with Gasteiger partial charge in [0.05, 0.1) is 0 Å². The molecule has 0 aliphatic carbocycles. The normalized spacial score (nSPS) is 9.43. The molecule has 3 amide bonds. The third kappa shape index (κ3) is 9.28. The monoisotopic (exact) mass is 378 g/mol. The van der Waals surface area contributed by atoms with E-state index >= 15 is 0 Å². The van der Waals surface area contributed by atoms with Gasteiger partial charge in [-0.15, -0.1) is 12.4 Å². The summed E-state index contributed by atoms with van der Waals surface area (Å²) in [6.07, 6.45) is 0.261. The van der Waals surface area contributed by atoms with Crippen LogP contribution >= 0.6 is 28.3 Å². The highest BCUT2D eigenvalue weighted by molar-refractivity contribution is 9.10. The standard InChI is InChI=1S/C13H19BrN4O2.ClH/c1-15-8-9-16-12(19)6-7-17-13(20)18-11-4-2-10(14)3-5-11;/h2-5,15H,6-9H2,1H3,(H,16,19)(H2,17,18,20);1H. The quantitative estimate of drug-likeness (QED) is 0.544. The van der Waals surface area contributed by atoms with Gasteiger partial charge in [-0.3, -0.25) is 4.79 Å². The van der Waals surface area contributed by atoms with Crippen LogP contribution in [0.4, 0.5) is 10.5 Å². The first kappa shape index (κ1) is 19.7. The Morgan fingerprint density at radius 3 is 2.33 bits per heavy atom. The maximum Gasteiger partial charge on any atom is 0.319 e. The first-order valence-electron chi connectivity index (χ1n) is 6.33. The molecule has 0 aliphatic rings. The van der Waals surface area contributed by atoms with Crippen molar-refractivity contribution in [2.45, 2.75) is 6.42 Å². The third-order valence-corrected chi connectivity index (χ3v) is 2.97. The molecule has 8 heteroatoms. The van der Waals surface area contributed by atoms with E-state index in [9.17, 15) is 9.59 Å². The third-order valence-electron chi connectivity index (χ3n) is 2.44. The second kappa shape index (κ2) is 11.4. The molecule has 118 valence electrons. The molecule has 6 nitrogen and oxygen atoms in total. The Hall–Kier alpha value is -1.31. The fourth-order valence-corrected chi connectivity index (χ4v) is 1.68. The van der Waals surface area contributed by atoms with Crippen LogP contribution in [0.2, 0.25) is 0 Å².